The number of hydrogen-bond acceptors (Lipinski definition) is 5. The molecule has 2 atom stereocenters. The lowest BCUT2D eigenvalue weighted by Crippen LogP contribution is -2.29. The lowest BCUT2D eigenvalue weighted by molar-refractivity contribution is -0.123. The fourth-order valence-electron chi connectivity index (χ4n) is 3.79. The number of alkyl halides is 2. The van der Waals surface area contributed by atoms with Crippen molar-refractivity contribution in [1.82, 2.24) is 0 Å². The van der Waals surface area contributed by atoms with Crippen molar-refractivity contribution in [3.05, 3.63) is 71.3 Å². The van der Waals surface area contributed by atoms with E-state index in [1.54, 1.807) is 42.5 Å². The minimum absolute atomic E-state index is 0.0227. The number of ether oxygens (including phenoxy) is 2. The van der Waals surface area contributed by atoms with Crippen LogP contribution in [-0.4, -0.2) is 36.9 Å². The summed E-state index contributed by atoms with van der Waals surface area (Å²) in [6.07, 6.45) is 2.41. The highest BCUT2D eigenvalue weighted by Crippen LogP contribution is 2.51. The average Bonchev–Trinajstić information content (AvgIpc) is 3.71. The Labute approximate surface area is 184 Å². The van der Waals surface area contributed by atoms with E-state index in [9.17, 15) is 23.2 Å². The molecule has 32 heavy (non-hydrogen) atoms. The predicted molar refractivity (Wildman–Crippen MR) is 111 cm³/mol. The summed E-state index contributed by atoms with van der Waals surface area (Å²) >= 11 is 0. The van der Waals surface area contributed by atoms with Crippen LogP contribution in [0.2, 0.25) is 0 Å². The van der Waals surface area contributed by atoms with Crippen LogP contribution in [0.1, 0.15) is 45.5 Å². The van der Waals surface area contributed by atoms with Crippen molar-refractivity contribution >= 4 is 17.7 Å². The van der Waals surface area contributed by atoms with Gasteiger partial charge in [-0.1, -0.05) is 30.3 Å². The third-order valence-corrected chi connectivity index (χ3v) is 5.91. The third-order valence-electron chi connectivity index (χ3n) is 5.91. The highest BCUT2D eigenvalue weighted by molar-refractivity contribution is 5.92. The summed E-state index contributed by atoms with van der Waals surface area (Å²) in [5.41, 5.74) is 1.28. The van der Waals surface area contributed by atoms with Crippen LogP contribution < -0.4 is 0 Å². The van der Waals surface area contributed by atoms with E-state index < -0.39 is 30.4 Å². The van der Waals surface area contributed by atoms with Crippen LogP contribution in [0.5, 0.6) is 0 Å². The maximum Gasteiger partial charge on any atom is 0.338 e. The molecule has 2 fully saturated rings. The Bertz CT molecular complexity index is 1000. The highest BCUT2D eigenvalue weighted by atomic mass is 19.3. The van der Waals surface area contributed by atoms with Crippen molar-refractivity contribution in [2.75, 3.05) is 13.2 Å². The molecule has 2 unspecified atom stereocenters. The minimum Gasteiger partial charge on any atom is -0.456 e. The van der Waals surface area contributed by atoms with E-state index in [2.05, 4.69) is 0 Å². The van der Waals surface area contributed by atoms with E-state index in [4.69, 9.17) is 9.47 Å². The van der Waals surface area contributed by atoms with Gasteiger partial charge in [0.1, 0.15) is 0 Å². The van der Waals surface area contributed by atoms with Crippen molar-refractivity contribution in [2.24, 2.45) is 17.8 Å². The standard InChI is InChI=1S/C25H24F2O5/c26-25(27,15-32-23(29)18-6-2-1-3-7-18)21-13-20(21)12-16-5-4-8-19(11-16)24(30)31-14-22(28)17-9-10-17/h1-8,11,17,20-21H,9-10,12-15H2. The van der Waals surface area contributed by atoms with Gasteiger partial charge in [0.05, 0.1) is 11.1 Å². The SMILES string of the molecule is O=C(OCC(=O)C1CC1)c1cccc(CC2CC2C(F)(F)COC(=O)c2ccccc2)c1. The fraction of sp³-hybridized carbons (Fsp3) is 0.400. The summed E-state index contributed by atoms with van der Waals surface area (Å²) < 4.78 is 38.9. The number of rotatable bonds is 10. The number of benzene rings is 2. The smallest absolute Gasteiger partial charge is 0.338 e. The first-order valence-corrected chi connectivity index (χ1v) is 10.7. The predicted octanol–water partition coefficient (Wildman–Crippen LogP) is 4.49. The van der Waals surface area contributed by atoms with E-state index in [1.165, 1.54) is 12.1 Å². The van der Waals surface area contributed by atoms with Gasteiger partial charge in [-0.2, -0.15) is 0 Å². The van der Waals surface area contributed by atoms with Crippen LogP contribution in [0.25, 0.3) is 0 Å². The molecule has 0 amide bonds. The van der Waals surface area contributed by atoms with Crippen LogP contribution >= 0.6 is 0 Å². The van der Waals surface area contributed by atoms with Crippen LogP contribution in [0.3, 0.4) is 0 Å². The fourth-order valence-corrected chi connectivity index (χ4v) is 3.79. The number of ketones is 1. The molecule has 2 aromatic rings. The Balaban J connectivity index is 1.27. The molecule has 2 aliphatic rings. The molecule has 168 valence electrons. The topological polar surface area (TPSA) is 69.7 Å². The first-order valence-electron chi connectivity index (χ1n) is 10.7. The second-order valence-corrected chi connectivity index (χ2v) is 8.53. The number of Topliss-reactive ketones (excluding diaryl/α,β-unsaturated/α-hetero) is 1. The maximum absolute atomic E-state index is 14.5. The molecule has 0 N–H and O–H groups in total. The molecular weight excluding hydrogens is 418 g/mol. The van der Waals surface area contributed by atoms with Crippen LogP contribution in [0.15, 0.2) is 54.6 Å². The van der Waals surface area contributed by atoms with Crippen molar-refractivity contribution in [3.8, 4) is 0 Å². The number of esters is 2. The Morgan fingerprint density at radius 3 is 2.31 bits per heavy atom. The Morgan fingerprint density at radius 2 is 1.59 bits per heavy atom. The molecule has 0 heterocycles. The van der Waals surface area contributed by atoms with E-state index in [-0.39, 0.29) is 29.8 Å². The van der Waals surface area contributed by atoms with Gasteiger partial charge in [0.2, 0.25) is 0 Å². The van der Waals surface area contributed by atoms with Gasteiger partial charge in [0.25, 0.3) is 5.92 Å². The zero-order chi connectivity index (χ0) is 22.7. The summed E-state index contributed by atoms with van der Waals surface area (Å²) in [7, 11) is 0. The van der Waals surface area contributed by atoms with Gasteiger partial charge < -0.3 is 9.47 Å². The van der Waals surface area contributed by atoms with E-state index in [0.29, 0.717) is 18.4 Å². The lowest BCUT2D eigenvalue weighted by atomic mass is 10.0. The lowest BCUT2D eigenvalue weighted by Gasteiger charge is -2.16. The molecule has 7 heteroatoms. The number of carbonyl (C=O) groups excluding carboxylic acids is 3. The van der Waals surface area contributed by atoms with Crippen LogP contribution in [-0.2, 0) is 20.7 Å². The summed E-state index contributed by atoms with van der Waals surface area (Å²) in [5.74, 6) is -5.66. The average molecular weight is 442 g/mol. The highest BCUT2D eigenvalue weighted by Gasteiger charge is 2.55. The van der Waals surface area contributed by atoms with Gasteiger partial charge in [0.15, 0.2) is 19.0 Å². The monoisotopic (exact) mass is 442 g/mol. The van der Waals surface area contributed by atoms with E-state index in [0.717, 1.165) is 18.4 Å². The Kier molecular flexibility index (Phi) is 6.35. The van der Waals surface area contributed by atoms with Gasteiger partial charge in [-0.25, -0.2) is 18.4 Å². The second-order valence-electron chi connectivity index (χ2n) is 8.53. The van der Waals surface area contributed by atoms with Crippen molar-refractivity contribution in [2.45, 2.75) is 31.6 Å². The third kappa shape index (κ3) is 5.58. The van der Waals surface area contributed by atoms with E-state index in [1.807, 2.05) is 0 Å². The summed E-state index contributed by atoms with van der Waals surface area (Å²) in [5, 5.41) is 0. The van der Waals surface area contributed by atoms with Crippen LogP contribution in [0, 0.1) is 17.8 Å². The van der Waals surface area contributed by atoms with Gasteiger partial charge in [-0.15, -0.1) is 0 Å². The zero-order valence-electron chi connectivity index (χ0n) is 17.5. The first-order chi connectivity index (χ1) is 15.3. The quantitative estimate of drug-likeness (QED) is 0.507. The molecule has 0 spiro atoms. The Morgan fingerprint density at radius 1 is 0.906 bits per heavy atom. The molecule has 2 aromatic carbocycles. The molecule has 2 saturated carbocycles. The molecule has 5 nitrogen and oxygen atoms in total. The van der Waals surface area contributed by atoms with Gasteiger partial charge in [0, 0.05) is 11.8 Å². The second kappa shape index (κ2) is 9.18. The van der Waals surface area contributed by atoms with E-state index >= 15 is 0 Å². The zero-order valence-corrected chi connectivity index (χ0v) is 17.5. The molecule has 0 aliphatic heterocycles. The molecular formula is C25H24F2O5. The Hall–Kier alpha value is -3.09. The number of hydrogen-bond donors (Lipinski definition) is 0. The largest absolute Gasteiger partial charge is 0.456 e. The van der Waals surface area contributed by atoms with Crippen molar-refractivity contribution < 1.29 is 32.6 Å². The summed E-state index contributed by atoms with van der Waals surface area (Å²) in [6, 6.07) is 14.7. The molecule has 0 radical (unpaired) electrons. The summed E-state index contributed by atoms with van der Waals surface area (Å²) in [4.78, 5) is 35.8. The molecule has 0 saturated heterocycles. The van der Waals surface area contributed by atoms with Crippen molar-refractivity contribution in [3.63, 3.8) is 0 Å². The molecule has 4 rings (SSSR count). The van der Waals surface area contributed by atoms with Crippen LogP contribution in [0.4, 0.5) is 8.78 Å². The number of carbonyl (C=O) groups is 3. The normalized spacial score (nSPS) is 19.8. The number of halogens is 2. The molecule has 0 aromatic heterocycles. The first kappa shape index (κ1) is 22.1. The van der Waals surface area contributed by atoms with Gasteiger partial charge >= 0.3 is 11.9 Å². The molecule has 0 bridgehead atoms. The van der Waals surface area contributed by atoms with Crippen molar-refractivity contribution in [1.29, 1.82) is 0 Å². The molecule has 2 aliphatic carbocycles. The van der Waals surface area contributed by atoms with Gasteiger partial charge in [-0.05, 0) is 61.4 Å². The minimum atomic E-state index is -3.12. The maximum atomic E-state index is 14.5. The summed E-state index contributed by atoms with van der Waals surface area (Å²) in [6.45, 7) is -1.18. The van der Waals surface area contributed by atoms with Gasteiger partial charge in [-0.3, -0.25) is 4.79 Å².